The Morgan fingerprint density at radius 3 is 1.25 bits per heavy atom. The van der Waals surface area contributed by atoms with Gasteiger partial charge in [-0.25, -0.2) is 58.0 Å². The molecule has 1 unspecified atom stereocenters. The van der Waals surface area contributed by atoms with E-state index in [0.29, 0.717) is 92.0 Å². The average molecular weight is 1510 g/mol. The first-order chi connectivity index (χ1) is 53.6. The van der Waals surface area contributed by atoms with Gasteiger partial charge in [0.15, 0.2) is 34.4 Å². The van der Waals surface area contributed by atoms with Crippen LogP contribution in [-0.4, -0.2) is 142 Å². The number of carbonyl (C=O) groups excluding carboxylic acids is 1. The van der Waals surface area contributed by atoms with Crippen LogP contribution >= 0.6 is 0 Å². The normalized spacial score (nSPS) is 15.3. The highest BCUT2D eigenvalue weighted by Crippen LogP contribution is 2.57. The van der Waals surface area contributed by atoms with Crippen molar-refractivity contribution < 1.29 is 25.2 Å². The maximum atomic E-state index is 13.3. The number of aliphatic hydroxyl groups excluding tert-OH is 1. The Morgan fingerprint density at radius 1 is 0.518 bits per heavy atom. The first-order valence-electron chi connectivity index (χ1n) is 37.8. The average Bonchev–Trinajstić information content (AvgIpc) is 1.59. The number of aromatic nitrogens is 15. The summed E-state index contributed by atoms with van der Waals surface area (Å²) < 4.78 is 9.46. The third kappa shape index (κ3) is 15.8. The second-order valence-corrected chi connectivity index (χ2v) is 30.7. The molecule has 0 radical (unpaired) electrons. The number of hydrogen-bond acceptors (Lipinski definition) is 22. The number of Topliss-reactive ketones (excluding diaryl/α,β-unsaturated/α-hetero) is 1. The van der Waals surface area contributed by atoms with Crippen molar-refractivity contribution in [3.63, 3.8) is 0 Å². The van der Waals surface area contributed by atoms with E-state index < -0.39 is 16.8 Å². The van der Waals surface area contributed by atoms with E-state index in [1.165, 1.54) is 59.8 Å². The molecule has 2 aliphatic carbocycles. The molecule has 1 spiro atoms. The van der Waals surface area contributed by atoms with Gasteiger partial charge < -0.3 is 36.4 Å². The summed E-state index contributed by atoms with van der Waals surface area (Å²) in [5.74, 6) is 2.76. The molecular formula is C84H94N20O8. The Kier molecular flexibility index (Phi) is 21.4. The number of pyridine rings is 3. The molecule has 7 N–H and O–H groups in total. The van der Waals surface area contributed by atoms with Gasteiger partial charge in [-0.15, -0.1) is 19.7 Å². The molecule has 1 saturated carbocycles. The SMILES string of the molecule is C=CCn1c(=O)c2cnc(Nc3ccc4c(c3)CC(C(C)=O)CC43CC3)nc2n1-c1cccc(C(C)(C)O)n1.C=CCn1c(=O)c2cnc(Nc3ccc4c(c3)CN(CC)CC4)nc2n1-c1cccc(C(C)(C)O)n1.C=CCn1c(=O)c2cnc(Nc3ccc4c(c3)CN(CCO)CC4)nc2n1-c1cccc(C(C)(C)O)n1. The predicted molar refractivity (Wildman–Crippen MR) is 432 cm³/mol. The number of fused-ring (bicyclic) bond motifs is 7. The maximum absolute atomic E-state index is 13.3. The first-order valence-corrected chi connectivity index (χ1v) is 37.8. The quantitative estimate of drug-likeness (QED) is 0.0310. The van der Waals surface area contributed by atoms with E-state index in [1.54, 1.807) is 142 Å². The molecule has 578 valence electrons. The number of rotatable bonds is 22. The van der Waals surface area contributed by atoms with Crippen LogP contribution in [-0.2, 0) is 79.0 Å². The fourth-order valence-corrected chi connectivity index (χ4v) is 15.0. The van der Waals surface area contributed by atoms with Crippen LogP contribution in [0.1, 0.15) is 125 Å². The summed E-state index contributed by atoms with van der Waals surface area (Å²) in [4.78, 5) is 97.8. The van der Waals surface area contributed by atoms with Gasteiger partial charge in [-0.05, 0) is 205 Å². The van der Waals surface area contributed by atoms with Gasteiger partial charge >= 0.3 is 0 Å². The number of likely N-dealkylation sites (N-methyl/N-ethyl adjacent to an activating group) is 1. The summed E-state index contributed by atoms with van der Waals surface area (Å²) in [5.41, 5.74) is 8.91. The Hall–Kier alpha value is -11.8. The molecular weight excluding hydrogens is 1420 g/mol. The number of β-amino-alcohol motifs (C(OH)–C–C–N with tert-alkyl or cyclic N) is 1. The van der Waals surface area contributed by atoms with Gasteiger partial charge in [-0.3, -0.25) is 29.0 Å². The minimum absolute atomic E-state index is 0.0640. The molecule has 9 aromatic heterocycles. The van der Waals surface area contributed by atoms with Gasteiger partial charge in [-0.1, -0.05) is 61.5 Å². The lowest BCUT2D eigenvalue weighted by molar-refractivity contribution is -0.121. The van der Waals surface area contributed by atoms with Crippen molar-refractivity contribution in [2.75, 3.05) is 48.7 Å². The lowest BCUT2D eigenvalue weighted by Gasteiger charge is -2.31. The lowest BCUT2D eigenvalue weighted by atomic mass is 9.73. The van der Waals surface area contributed by atoms with Crippen LogP contribution in [0.15, 0.2) is 180 Å². The molecule has 3 aromatic carbocycles. The van der Waals surface area contributed by atoms with E-state index in [4.69, 9.17) is 15.0 Å². The van der Waals surface area contributed by atoms with Crippen LogP contribution in [0.3, 0.4) is 0 Å². The van der Waals surface area contributed by atoms with Crippen molar-refractivity contribution in [1.29, 1.82) is 0 Å². The van der Waals surface area contributed by atoms with Gasteiger partial charge in [0.25, 0.3) is 16.7 Å². The third-order valence-corrected chi connectivity index (χ3v) is 21.1. The standard InChI is InChI=1S/C30H32N6O3.C27H31N7O3.C27H31N7O2/c1-5-13-35-27(38)22-17-31-28(34-26(22)36(35)25-8-6-7-24(33-25)29(3,4)39)32-21-9-10-23-19(15-21)14-20(18(2)37)16-30(23)11-12-30;1-4-11-33-25(36)21-16-28-26(29-20-9-8-18-10-12-32(13-14-35)17-19(18)15-20)31-24(21)34(33)23-7-5-6-22(30-23)27(2,3)37;1-5-13-33-25(35)21-16-28-26(29-20-11-10-18-12-14-32(6-2)17-19(18)15-20)31-24(21)34(33)23-9-7-8-22(30-23)27(3,4)36/h5-10,15,17,20,39H,1,11-14,16H2,2-4H3,(H,31,32,34);4-9,15-16,35,37H,1,10-14,17H2,2-3H3,(H,28,29,31);5,7-11,15-16,36H,1,6,12-14,17H2,2-4H3,(H,28,29,31). The number of allylic oxidation sites excluding steroid dienone is 3. The van der Waals surface area contributed by atoms with Crippen molar-refractivity contribution in [3.8, 4) is 17.5 Å². The van der Waals surface area contributed by atoms with E-state index in [-0.39, 0.29) is 60.0 Å². The Morgan fingerprint density at radius 2 is 0.893 bits per heavy atom. The van der Waals surface area contributed by atoms with Gasteiger partial charge in [0.2, 0.25) is 17.8 Å². The summed E-state index contributed by atoms with van der Waals surface area (Å²) in [5, 5.41) is 51.7. The Bertz CT molecular complexity index is 5820. The van der Waals surface area contributed by atoms with Crippen LogP contribution < -0.4 is 32.6 Å². The minimum atomic E-state index is -1.16. The van der Waals surface area contributed by atoms with Crippen LogP contribution in [0.4, 0.5) is 34.9 Å². The van der Waals surface area contributed by atoms with Gasteiger partial charge in [-0.2, -0.15) is 15.0 Å². The summed E-state index contributed by atoms with van der Waals surface area (Å²) >= 11 is 0. The molecule has 0 saturated heterocycles. The highest BCUT2D eigenvalue weighted by molar-refractivity contribution is 5.81. The van der Waals surface area contributed by atoms with Gasteiger partial charge in [0.1, 0.15) is 38.7 Å². The molecule has 28 heteroatoms. The zero-order chi connectivity index (χ0) is 79.1. The number of hydrogen-bond donors (Lipinski definition) is 7. The van der Waals surface area contributed by atoms with Crippen molar-refractivity contribution >= 4 is 73.8 Å². The summed E-state index contributed by atoms with van der Waals surface area (Å²) in [6.45, 7) is 31.5. The van der Waals surface area contributed by atoms with Crippen molar-refractivity contribution in [2.24, 2.45) is 5.92 Å². The number of anilines is 6. The van der Waals surface area contributed by atoms with Crippen LogP contribution in [0, 0.1) is 5.92 Å². The fraction of sp³-hybridized carbons (Fsp3) is 0.345. The Labute approximate surface area is 646 Å². The minimum Gasteiger partial charge on any atom is -0.395 e. The first kappa shape index (κ1) is 77.0. The highest BCUT2D eigenvalue weighted by atomic mass is 16.3. The molecule has 0 amide bonds. The van der Waals surface area contributed by atoms with E-state index in [1.807, 2.05) is 18.2 Å². The van der Waals surface area contributed by atoms with E-state index >= 15 is 0 Å². The van der Waals surface area contributed by atoms with E-state index in [2.05, 4.69) is 119 Å². The molecule has 28 nitrogen and oxygen atoms in total. The predicted octanol–water partition coefficient (Wildman–Crippen LogP) is 10.3. The van der Waals surface area contributed by atoms with Gasteiger partial charge in [0, 0.05) is 74.3 Å². The number of nitrogens with one attached hydrogen (secondary N) is 3. The maximum Gasteiger partial charge on any atom is 0.278 e. The van der Waals surface area contributed by atoms with E-state index in [9.17, 15) is 39.6 Å². The third-order valence-electron chi connectivity index (χ3n) is 21.1. The van der Waals surface area contributed by atoms with Crippen LogP contribution in [0.2, 0.25) is 0 Å². The molecule has 1 atom stereocenters. The summed E-state index contributed by atoms with van der Waals surface area (Å²) in [6, 6.07) is 34.8. The van der Waals surface area contributed by atoms with E-state index in [0.717, 1.165) is 88.3 Å². The molecule has 112 heavy (non-hydrogen) atoms. The zero-order valence-corrected chi connectivity index (χ0v) is 64.4. The molecule has 1 fully saturated rings. The number of carbonyl (C=O) groups is 1. The summed E-state index contributed by atoms with van der Waals surface area (Å²) in [7, 11) is 0. The number of ketones is 1. The number of aliphatic hydroxyl groups is 4. The van der Waals surface area contributed by atoms with Crippen molar-refractivity contribution in [3.05, 3.63) is 247 Å². The summed E-state index contributed by atoms with van der Waals surface area (Å²) in [6.07, 6.45) is 15.5. The fourth-order valence-electron chi connectivity index (χ4n) is 15.0. The molecule has 16 rings (SSSR count). The second kappa shape index (κ2) is 31.2. The molecule has 11 heterocycles. The topological polar surface area (TPSA) is 337 Å². The monoisotopic (exact) mass is 1510 g/mol. The number of nitrogens with zero attached hydrogens (tertiary/aromatic N) is 17. The highest BCUT2D eigenvalue weighted by Gasteiger charge is 2.50. The van der Waals surface area contributed by atoms with Crippen molar-refractivity contribution in [1.82, 2.24) is 82.7 Å². The second-order valence-electron chi connectivity index (χ2n) is 30.7. The lowest BCUT2D eigenvalue weighted by Crippen LogP contribution is -2.32. The van der Waals surface area contributed by atoms with Gasteiger partial charge in [0.05, 0.1) is 43.3 Å². The molecule has 0 bridgehead atoms. The number of benzene rings is 3. The molecule has 4 aliphatic rings. The molecule has 2 aliphatic heterocycles. The Balaban J connectivity index is 0.000000140. The van der Waals surface area contributed by atoms with Crippen molar-refractivity contribution in [2.45, 2.75) is 149 Å². The largest absolute Gasteiger partial charge is 0.395 e. The smallest absolute Gasteiger partial charge is 0.278 e. The zero-order valence-electron chi connectivity index (χ0n) is 64.4. The molecule has 12 aromatic rings. The van der Waals surface area contributed by atoms with Crippen LogP contribution in [0.25, 0.3) is 50.6 Å². The van der Waals surface area contributed by atoms with Crippen LogP contribution in [0.5, 0.6) is 0 Å².